The van der Waals surface area contributed by atoms with Crippen LogP contribution in [0.5, 0.6) is 0 Å². The molecule has 0 aliphatic carbocycles. The second-order valence-corrected chi connectivity index (χ2v) is 5.21. The molecular weight excluding hydrogens is 186 g/mol. The Kier molecular flexibility index (Phi) is 4.56. The summed E-state index contributed by atoms with van der Waals surface area (Å²) in [5.74, 6) is 0.782. The van der Waals surface area contributed by atoms with Crippen LogP contribution in [0.25, 0.3) is 0 Å². The van der Waals surface area contributed by atoms with E-state index in [1.165, 1.54) is 19.5 Å². The molecule has 0 radical (unpaired) electrons. The van der Waals surface area contributed by atoms with Crippen molar-refractivity contribution in [2.24, 2.45) is 5.92 Å². The fraction of sp³-hybridized carbons (Fsp3) is 1.00. The lowest BCUT2D eigenvalue weighted by atomic mass is 9.95. The SMILES string of the molecule is CCC(C)C1CN(N(C)C)C(C)CN1C. The molecule has 0 amide bonds. The van der Waals surface area contributed by atoms with E-state index >= 15 is 0 Å². The largest absolute Gasteiger partial charge is 0.300 e. The van der Waals surface area contributed by atoms with Crippen LogP contribution in [-0.4, -0.2) is 61.2 Å². The molecule has 1 saturated heterocycles. The topological polar surface area (TPSA) is 9.72 Å². The van der Waals surface area contributed by atoms with Gasteiger partial charge < -0.3 is 4.90 Å². The van der Waals surface area contributed by atoms with Crippen LogP contribution in [0.4, 0.5) is 0 Å². The molecule has 15 heavy (non-hydrogen) atoms. The summed E-state index contributed by atoms with van der Waals surface area (Å²) in [6.45, 7) is 9.30. The van der Waals surface area contributed by atoms with Gasteiger partial charge in [-0.05, 0) is 19.9 Å². The lowest BCUT2D eigenvalue weighted by Crippen LogP contribution is -2.61. The number of hydrogen-bond acceptors (Lipinski definition) is 3. The Morgan fingerprint density at radius 1 is 1.33 bits per heavy atom. The lowest BCUT2D eigenvalue weighted by Gasteiger charge is -2.48. The van der Waals surface area contributed by atoms with Gasteiger partial charge in [0.15, 0.2) is 0 Å². The van der Waals surface area contributed by atoms with E-state index in [9.17, 15) is 0 Å². The molecule has 1 aliphatic rings. The molecule has 3 atom stereocenters. The predicted octanol–water partition coefficient (Wildman–Crippen LogP) is 1.51. The summed E-state index contributed by atoms with van der Waals surface area (Å²) in [6.07, 6.45) is 1.27. The third-order valence-electron chi connectivity index (χ3n) is 3.82. The summed E-state index contributed by atoms with van der Waals surface area (Å²) in [6, 6.07) is 1.33. The first-order valence-electron chi connectivity index (χ1n) is 6.11. The molecule has 1 fully saturated rings. The summed E-state index contributed by atoms with van der Waals surface area (Å²) >= 11 is 0. The Bertz CT molecular complexity index is 193. The number of piperazine rings is 1. The van der Waals surface area contributed by atoms with Crippen LogP contribution in [0.15, 0.2) is 0 Å². The maximum Gasteiger partial charge on any atom is 0.0345 e. The summed E-state index contributed by atoms with van der Waals surface area (Å²) in [5, 5.41) is 4.73. The molecule has 0 aromatic carbocycles. The third-order valence-corrected chi connectivity index (χ3v) is 3.82. The van der Waals surface area contributed by atoms with Gasteiger partial charge in [-0.1, -0.05) is 20.3 Å². The fourth-order valence-electron chi connectivity index (χ4n) is 2.60. The van der Waals surface area contributed by atoms with Crippen LogP contribution in [0.3, 0.4) is 0 Å². The van der Waals surface area contributed by atoms with Crippen molar-refractivity contribution in [2.75, 3.05) is 34.2 Å². The van der Waals surface area contributed by atoms with Gasteiger partial charge in [0.05, 0.1) is 0 Å². The number of nitrogens with zero attached hydrogens (tertiary/aromatic N) is 3. The molecule has 90 valence electrons. The minimum absolute atomic E-state index is 0.630. The summed E-state index contributed by atoms with van der Waals surface area (Å²) in [7, 11) is 6.56. The van der Waals surface area contributed by atoms with E-state index in [1.54, 1.807) is 0 Å². The highest BCUT2D eigenvalue weighted by molar-refractivity contribution is 4.85. The maximum atomic E-state index is 2.53. The van der Waals surface area contributed by atoms with E-state index in [2.05, 4.69) is 56.8 Å². The second kappa shape index (κ2) is 5.28. The van der Waals surface area contributed by atoms with E-state index in [-0.39, 0.29) is 0 Å². The van der Waals surface area contributed by atoms with Gasteiger partial charge in [0, 0.05) is 39.3 Å². The van der Waals surface area contributed by atoms with Gasteiger partial charge in [-0.25, -0.2) is 10.0 Å². The molecule has 3 heteroatoms. The average Bonchev–Trinajstić information content (AvgIpc) is 2.16. The van der Waals surface area contributed by atoms with Gasteiger partial charge in [0.1, 0.15) is 0 Å². The smallest absolute Gasteiger partial charge is 0.0345 e. The number of hydrazine groups is 1. The molecule has 1 heterocycles. The number of likely N-dealkylation sites (N-methyl/N-ethyl adjacent to an activating group) is 1. The van der Waals surface area contributed by atoms with Gasteiger partial charge in [-0.2, -0.15) is 0 Å². The maximum absolute atomic E-state index is 2.53. The molecular formula is C12H27N3. The quantitative estimate of drug-likeness (QED) is 0.704. The molecule has 1 rings (SSSR count). The van der Waals surface area contributed by atoms with Gasteiger partial charge in [0.25, 0.3) is 0 Å². The Morgan fingerprint density at radius 3 is 2.40 bits per heavy atom. The first kappa shape index (κ1) is 12.9. The van der Waals surface area contributed by atoms with Crippen LogP contribution in [0.2, 0.25) is 0 Å². The molecule has 0 bridgehead atoms. The lowest BCUT2D eigenvalue weighted by molar-refractivity contribution is -0.0843. The molecule has 3 nitrogen and oxygen atoms in total. The Hall–Kier alpha value is -0.120. The van der Waals surface area contributed by atoms with E-state index in [4.69, 9.17) is 0 Å². The van der Waals surface area contributed by atoms with Crippen molar-refractivity contribution in [1.29, 1.82) is 0 Å². The highest BCUT2D eigenvalue weighted by atomic mass is 15.6. The average molecular weight is 213 g/mol. The van der Waals surface area contributed by atoms with Crippen LogP contribution < -0.4 is 0 Å². The second-order valence-electron chi connectivity index (χ2n) is 5.21. The molecule has 0 aromatic heterocycles. The van der Waals surface area contributed by atoms with Crippen LogP contribution in [-0.2, 0) is 0 Å². The normalized spacial score (nSPS) is 32.2. The van der Waals surface area contributed by atoms with Crippen molar-refractivity contribution in [2.45, 2.75) is 39.3 Å². The monoisotopic (exact) mass is 213 g/mol. The number of rotatable bonds is 3. The Morgan fingerprint density at radius 2 is 1.93 bits per heavy atom. The Labute approximate surface area is 95.0 Å². The summed E-state index contributed by atoms with van der Waals surface area (Å²) in [4.78, 5) is 2.53. The van der Waals surface area contributed by atoms with Crippen molar-refractivity contribution < 1.29 is 0 Å². The van der Waals surface area contributed by atoms with Gasteiger partial charge in [-0.3, -0.25) is 0 Å². The predicted molar refractivity (Wildman–Crippen MR) is 65.7 cm³/mol. The third kappa shape index (κ3) is 2.92. The molecule has 0 spiro atoms. The zero-order valence-corrected chi connectivity index (χ0v) is 11.2. The molecule has 0 saturated carbocycles. The highest BCUT2D eigenvalue weighted by Gasteiger charge is 2.32. The van der Waals surface area contributed by atoms with Crippen LogP contribution in [0, 0.1) is 5.92 Å². The van der Waals surface area contributed by atoms with E-state index in [0.29, 0.717) is 12.1 Å². The molecule has 3 unspecified atom stereocenters. The fourth-order valence-corrected chi connectivity index (χ4v) is 2.60. The zero-order chi connectivity index (χ0) is 11.6. The first-order chi connectivity index (χ1) is 6.97. The van der Waals surface area contributed by atoms with Crippen molar-refractivity contribution in [3.05, 3.63) is 0 Å². The van der Waals surface area contributed by atoms with Crippen molar-refractivity contribution >= 4 is 0 Å². The van der Waals surface area contributed by atoms with E-state index in [1.807, 2.05) is 0 Å². The minimum atomic E-state index is 0.630. The number of hydrogen-bond donors (Lipinski definition) is 0. The van der Waals surface area contributed by atoms with Crippen LogP contribution in [0.1, 0.15) is 27.2 Å². The van der Waals surface area contributed by atoms with Crippen LogP contribution >= 0.6 is 0 Å². The standard InChI is InChI=1S/C12H27N3/c1-7-10(2)12-9-15(13(4)5)11(3)8-14(12)6/h10-12H,7-9H2,1-6H3. The molecule has 1 aliphatic heterocycles. The van der Waals surface area contributed by atoms with Gasteiger partial charge >= 0.3 is 0 Å². The Balaban J connectivity index is 2.66. The van der Waals surface area contributed by atoms with Crippen molar-refractivity contribution in [3.63, 3.8) is 0 Å². The van der Waals surface area contributed by atoms with Crippen molar-refractivity contribution in [3.8, 4) is 0 Å². The highest BCUT2D eigenvalue weighted by Crippen LogP contribution is 2.21. The summed E-state index contributed by atoms with van der Waals surface area (Å²) < 4.78 is 0. The van der Waals surface area contributed by atoms with Crippen molar-refractivity contribution in [1.82, 2.24) is 14.9 Å². The van der Waals surface area contributed by atoms with Gasteiger partial charge in [-0.15, -0.1) is 0 Å². The van der Waals surface area contributed by atoms with E-state index in [0.717, 1.165) is 5.92 Å². The van der Waals surface area contributed by atoms with E-state index < -0.39 is 0 Å². The zero-order valence-electron chi connectivity index (χ0n) is 11.2. The molecule has 0 N–H and O–H groups in total. The molecule has 0 aromatic rings. The summed E-state index contributed by atoms with van der Waals surface area (Å²) in [5.41, 5.74) is 0. The van der Waals surface area contributed by atoms with Gasteiger partial charge in [0.2, 0.25) is 0 Å². The first-order valence-corrected chi connectivity index (χ1v) is 6.11. The minimum Gasteiger partial charge on any atom is -0.300 e.